The molecule has 1 atom stereocenters. The molecule has 1 amide bonds. The quantitative estimate of drug-likeness (QED) is 0.858. The number of halogens is 2. The molecule has 0 aliphatic heterocycles. The van der Waals surface area contributed by atoms with E-state index in [1.165, 1.54) is 12.1 Å². The van der Waals surface area contributed by atoms with E-state index < -0.39 is 5.82 Å². The molecule has 4 nitrogen and oxygen atoms in total. The molecule has 1 aromatic carbocycles. The highest BCUT2D eigenvalue weighted by Crippen LogP contribution is 2.16. The van der Waals surface area contributed by atoms with Crippen molar-refractivity contribution in [3.63, 3.8) is 0 Å². The fourth-order valence-electron chi connectivity index (χ4n) is 1.99. The summed E-state index contributed by atoms with van der Waals surface area (Å²) in [5.74, 6) is -1.07. The third-order valence-corrected chi connectivity index (χ3v) is 3.50. The molecule has 22 heavy (non-hydrogen) atoms. The van der Waals surface area contributed by atoms with Gasteiger partial charge in [0.1, 0.15) is 5.82 Å². The number of aliphatic hydroxyl groups excluding tert-OH is 1. The van der Waals surface area contributed by atoms with Crippen molar-refractivity contribution in [2.45, 2.75) is 6.42 Å². The number of hydrogen-bond donors (Lipinski definition) is 2. The smallest absolute Gasteiger partial charge is 0.251 e. The van der Waals surface area contributed by atoms with E-state index in [1.54, 1.807) is 6.20 Å². The van der Waals surface area contributed by atoms with Crippen molar-refractivity contribution < 1.29 is 14.3 Å². The van der Waals surface area contributed by atoms with E-state index in [-0.39, 0.29) is 29.0 Å². The maximum atomic E-state index is 13.1. The van der Waals surface area contributed by atoms with Crippen LogP contribution in [0, 0.1) is 11.7 Å². The monoisotopic (exact) mass is 322 g/mol. The zero-order valence-electron chi connectivity index (χ0n) is 11.8. The van der Waals surface area contributed by atoms with E-state index in [0.29, 0.717) is 13.0 Å². The molecule has 0 spiro atoms. The molecule has 1 unspecified atom stereocenters. The minimum atomic E-state index is -0.568. The van der Waals surface area contributed by atoms with Gasteiger partial charge in [-0.3, -0.25) is 9.78 Å². The number of nitrogens with one attached hydrogen (secondary N) is 1. The number of nitrogens with zero attached hydrogens (tertiary/aromatic N) is 1. The molecule has 0 aliphatic rings. The van der Waals surface area contributed by atoms with Gasteiger partial charge in [0.2, 0.25) is 0 Å². The normalized spacial score (nSPS) is 12.0. The number of amides is 1. The Kier molecular flexibility index (Phi) is 5.86. The lowest BCUT2D eigenvalue weighted by molar-refractivity contribution is 0.0939. The Labute approximate surface area is 133 Å². The third kappa shape index (κ3) is 4.51. The first-order valence-electron chi connectivity index (χ1n) is 6.84. The van der Waals surface area contributed by atoms with Crippen LogP contribution in [0.2, 0.25) is 5.02 Å². The minimum absolute atomic E-state index is 0.0684. The van der Waals surface area contributed by atoms with Crippen LogP contribution < -0.4 is 5.32 Å². The Hall–Kier alpha value is -1.98. The van der Waals surface area contributed by atoms with E-state index in [4.69, 9.17) is 11.6 Å². The van der Waals surface area contributed by atoms with Gasteiger partial charge in [0.15, 0.2) is 0 Å². The molecular formula is C16H16ClFN2O2. The Morgan fingerprint density at radius 1 is 1.36 bits per heavy atom. The third-order valence-electron chi connectivity index (χ3n) is 3.22. The summed E-state index contributed by atoms with van der Waals surface area (Å²) < 4.78 is 13.1. The lowest BCUT2D eigenvalue weighted by Crippen LogP contribution is -2.32. The molecule has 0 saturated carbocycles. The summed E-state index contributed by atoms with van der Waals surface area (Å²) in [7, 11) is 0. The lowest BCUT2D eigenvalue weighted by Gasteiger charge is -2.14. The van der Waals surface area contributed by atoms with Crippen molar-refractivity contribution >= 4 is 17.5 Å². The first-order valence-corrected chi connectivity index (χ1v) is 7.22. The topological polar surface area (TPSA) is 62.2 Å². The Balaban J connectivity index is 1.92. The van der Waals surface area contributed by atoms with Crippen molar-refractivity contribution in [3.05, 3.63) is 64.7 Å². The largest absolute Gasteiger partial charge is 0.396 e. The molecule has 0 saturated heterocycles. The maximum Gasteiger partial charge on any atom is 0.251 e. The number of rotatable bonds is 6. The lowest BCUT2D eigenvalue weighted by atomic mass is 10.0. The second-order valence-corrected chi connectivity index (χ2v) is 5.32. The highest BCUT2D eigenvalue weighted by Gasteiger charge is 2.13. The molecule has 0 bridgehead atoms. The van der Waals surface area contributed by atoms with Crippen molar-refractivity contribution in [2.24, 2.45) is 5.92 Å². The summed E-state index contributed by atoms with van der Waals surface area (Å²) in [5, 5.41) is 12.0. The van der Waals surface area contributed by atoms with Crippen molar-refractivity contribution in [2.75, 3.05) is 13.2 Å². The summed E-state index contributed by atoms with van der Waals surface area (Å²) in [6, 6.07) is 9.34. The number of carbonyl (C=O) groups is 1. The number of hydrogen-bond acceptors (Lipinski definition) is 3. The van der Waals surface area contributed by atoms with Crippen LogP contribution in [0.25, 0.3) is 0 Å². The van der Waals surface area contributed by atoms with E-state index in [1.807, 2.05) is 18.2 Å². The standard InChI is InChI=1S/C16H16ClFN2O2/c17-14-8-12(4-5-15(14)18)16(22)20-9-11(10-21)7-13-3-1-2-6-19-13/h1-6,8,11,21H,7,9-10H2,(H,20,22). The summed E-state index contributed by atoms with van der Waals surface area (Å²) >= 11 is 5.65. The average molecular weight is 323 g/mol. The predicted octanol–water partition coefficient (Wildman–Crippen LogP) is 2.46. The summed E-state index contributed by atoms with van der Waals surface area (Å²) in [6.07, 6.45) is 2.24. The zero-order chi connectivity index (χ0) is 15.9. The average Bonchev–Trinajstić information content (AvgIpc) is 2.54. The van der Waals surface area contributed by atoms with E-state index in [2.05, 4.69) is 10.3 Å². The zero-order valence-corrected chi connectivity index (χ0v) is 12.6. The van der Waals surface area contributed by atoms with Crippen LogP contribution in [-0.4, -0.2) is 29.1 Å². The summed E-state index contributed by atoms with van der Waals surface area (Å²) in [4.78, 5) is 16.2. The van der Waals surface area contributed by atoms with Crippen molar-refractivity contribution in [3.8, 4) is 0 Å². The van der Waals surface area contributed by atoms with Gasteiger partial charge in [-0.15, -0.1) is 0 Å². The second kappa shape index (κ2) is 7.87. The van der Waals surface area contributed by atoms with E-state index in [9.17, 15) is 14.3 Å². The number of benzene rings is 1. The van der Waals surface area contributed by atoms with E-state index >= 15 is 0 Å². The predicted molar refractivity (Wildman–Crippen MR) is 82.3 cm³/mol. The van der Waals surface area contributed by atoms with E-state index in [0.717, 1.165) is 11.8 Å². The van der Waals surface area contributed by atoms with Gasteiger partial charge in [0.25, 0.3) is 5.91 Å². The van der Waals surface area contributed by atoms with Crippen LogP contribution in [0.15, 0.2) is 42.6 Å². The summed E-state index contributed by atoms with van der Waals surface area (Å²) in [6.45, 7) is 0.224. The van der Waals surface area contributed by atoms with Gasteiger partial charge >= 0.3 is 0 Å². The number of aromatic nitrogens is 1. The first-order chi connectivity index (χ1) is 10.6. The van der Waals surface area contributed by atoms with Crippen molar-refractivity contribution in [1.29, 1.82) is 0 Å². The Morgan fingerprint density at radius 3 is 2.82 bits per heavy atom. The van der Waals surface area contributed by atoms with Gasteiger partial charge in [-0.25, -0.2) is 4.39 Å². The van der Waals surface area contributed by atoms with Crippen LogP contribution in [-0.2, 0) is 6.42 Å². The first kappa shape index (κ1) is 16.4. The molecule has 2 N–H and O–H groups in total. The molecule has 1 aromatic heterocycles. The minimum Gasteiger partial charge on any atom is -0.396 e. The highest BCUT2D eigenvalue weighted by molar-refractivity contribution is 6.31. The van der Waals surface area contributed by atoms with Gasteiger partial charge < -0.3 is 10.4 Å². The fourth-order valence-corrected chi connectivity index (χ4v) is 2.17. The van der Waals surface area contributed by atoms with Crippen LogP contribution in [0.1, 0.15) is 16.1 Å². The molecule has 2 rings (SSSR count). The maximum absolute atomic E-state index is 13.1. The highest BCUT2D eigenvalue weighted by atomic mass is 35.5. The summed E-state index contributed by atoms with van der Waals surface area (Å²) in [5.41, 5.74) is 1.13. The van der Waals surface area contributed by atoms with Gasteiger partial charge in [0, 0.05) is 36.5 Å². The molecule has 0 radical (unpaired) electrons. The SMILES string of the molecule is O=C(NCC(CO)Cc1ccccn1)c1ccc(F)c(Cl)c1. The molecule has 0 aliphatic carbocycles. The molecule has 1 heterocycles. The second-order valence-electron chi connectivity index (χ2n) is 4.91. The number of pyridine rings is 1. The van der Waals surface area contributed by atoms with Crippen molar-refractivity contribution in [1.82, 2.24) is 10.3 Å². The van der Waals surface area contributed by atoms with Gasteiger partial charge in [0.05, 0.1) is 5.02 Å². The van der Waals surface area contributed by atoms with Crippen LogP contribution in [0.5, 0.6) is 0 Å². The molecule has 116 valence electrons. The van der Waals surface area contributed by atoms with Gasteiger partial charge in [-0.05, 0) is 36.8 Å². The molecular weight excluding hydrogens is 307 g/mol. The van der Waals surface area contributed by atoms with Crippen LogP contribution in [0.4, 0.5) is 4.39 Å². The molecule has 0 fully saturated rings. The molecule has 2 aromatic rings. The van der Waals surface area contributed by atoms with Crippen LogP contribution in [0.3, 0.4) is 0 Å². The van der Waals surface area contributed by atoms with Crippen LogP contribution >= 0.6 is 11.6 Å². The number of aliphatic hydroxyl groups is 1. The molecule has 6 heteroatoms. The number of carbonyl (C=O) groups excluding carboxylic acids is 1. The Bertz CT molecular complexity index is 637. The van der Waals surface area contributed by atoms with Gasteiger partial charge in [-0.2, -0.15) is 0 Å². The van der Waals surface area contributed by atoms with Gasteiger partial charge in [-0.1, -0.05) is 17.7 Å². The fraction of sp³-hybridized carbons (Fsp3) is 0.250. The Morgan fingerprint density at radius 2 is 2.18 bits per heavy atom.